The van der Waals surface area contributed by atoms with Crippen LogP contribution in [0, 0.1) is 17.5 Å². The highest BCUT2D eigenvalue weighted by Crippen LogP contribution is 2.34. The predicted octanol–water partition coefficient (Wildman–Crippen LogP) is 7.65. The first-order valence-corrected chi connectivity index (χ1v) is 10.6. The number of halogens is 3. The third kappa shape index (κ3) is 5.11. The molecule has 0 spiro atoms. The fourth-order valence-corrected chi connectivity index (χ4v) is 4.02. The zero-order valence-electron chi connectivity index (χ0n) is 17.2. The molecule has 0 N–H and O–H groups in total. The molecule has 1 aliphatic heterocycles. The molecule has 1 saturated heterocycles. The number of unbranched alkanes of at least 4 members (excludes halogenated alkanes) is 2. The summed E-state index contributed by atoms with van der Waals surface area (Å²) < 4.78 is 49.5. The lowest BCUT2D eigenvalue weighted by atomic mass is 9.88. The lowest BCUT2D eigenvalue weighted by Gasteiger charge is -2.29. The highest BCUT2D eigenvalue weighted by atomic mass is 19.2. The molecule has 2 unspecified atom stereocenters. The second-order valence-electron chi connectivity index (χ2n) is 7.79. The number of ether oxygens (including phenoxy) is 1. The van der Waals surface area contributed by atoms with Crippen molar-refractivity contribution in [3.05, 3.63) is 65.0 Å². The summed E-state index contributed by atoms with van der Waals surface area (Å²) in [6.07, 6.45) is 9.88. The Hall–Kier alpha value is -2.07. The number of benzene rings is 2. The van der Waals surface area contributed by atoms with Crippen molar-refractivity contribution >= 4 is 6.08 Å². The summed E-state index contributed by atoms with van der Waals surface area (Å²) in [7, 11) is 0. The molecule has 29 heavy (non-hydrogen) atoms. The Balaban J connectivity index is 1.72. The number of rotatable bonds is 7. The van der Waals surface area contributed by atoms with Gasteiger partial charge in [0.1, 0.15) is 5.82 Å². The Kier molecular flexibility index (Phi) is 7.54. The summed E-state index contributed by atoms with van der Waals surface area (Å²) in [6.45, 7) is 4.43. The van der Waals surface area contributed by atoms with Crippen LogP contribution in [0.15, 0.2) is 36.4 Å². The van der Waals surface area contributed by atoms with E-state index in [1.54, 1.807) is 25.1 Å². The minimum atomic E-state index is -0.955. The monoisotopic (exact) mass is 402 g/mol. The van der Waals surface area contributed by atoms with Crippen molar-refractivity contribution in [1.29, 1.82) is 0 Å². The number of hydrogen-bond donors (Lipinski definition) is 0. The highest BCUT2D eigenvalue weighted by molar-refractivity contribution is 5.67. The Labute approximate surface area is 171 Å². The molecule has 2 aromatic carbocycles. The van der Waals surface area contributed by atoms with Gasteiger partial charge < -0.3 is 4.74 Å². The van der Waals surface area contributed by atoms with E-state index in [4.69, 9.17) is 4.74 Å². The Morgan fingerprint density at radius 2 is 1.86 bits per heavy atom. The summed E-state index contributed by atoms with van der Waals surface area (Å²) >= 11 is 0. The van der Waals surface area contributed by atoms with Gasteiger partial charge in [0.05, 0.1) is 12.7 Å². The molecule has 1 heterocycles. The molecule has 0 saturated carbocycles. The van der Waals surface area contributed by atoms with E-state index < -0.39 is 17.5 Å². The first-order chi connectivity index (χ1) is 14.0. The van der Waals surface area contributed by atoms with Crippen LogP contribution in [0.4, 0.5) is 13.2 Å². The average molecular weight is 403 g/mol. The molecular formula is C25H29F3O. The minimum Gasteiger partial charge on any atom is -0.378 e. The largest absolute Gasteiger partial charge is 0.378 e. The van der Waals surface area contributed by atoms with Crippen LogP contribution in [-0.4, -0.2) is 12.7 Å². The van der Waals surface area contributed by atoms with E-state index in [0.29, 0.717) is 17.7 Å². The zero-order valence-corrected chi connectivity index (χ0v) is 17.2. The first-order valence-electron chi connectivity index (χ1n) is 10.6. The molecule has 156 valence electrons. The second-order valence-corrected chi connectivity index (χ2v) is 7.79. The van der Waals surface area contributed by atoms with E-state index in [0.717, 1.165) is 19.3 Å². The van der Waals surface area contributed by atoms with Crippen molar-refractivity contribution in [2.24, 2.45) is 0 Å². The van der Waals surface area contributed by atoms with Gasteiger partial charge in [-0.2, -0.15) is 0 Å². The topological polar surface area (TPSA) is 9.23 Å². The van der Waals surface area contributed by atoms with Gasteiger partial charge in [0.25, 0.3) is 0 Å². The van der Waals surface area contributed by atoms with Gasteiger partial charge in [0.15, 0.2) is 11.6 Å². The molecule has 3 rings (SSSR count). The van der Waals surface area contributed by atoms with Gasteiger partial charge in [0.2, 0.25) is 0 Å². The zero-order chi connectivity index (χ0) is 20.8. The van der Waals surface area contributed by atoms with Crippen LogP contribution in [-0.2, 0) is 4.74 Å². The van der Waals surface area contributed by atoms with E-state index in [-0.39, 0.29) is 23.1 Å². The fraction of sp³-hybridized carbons (Fsp3) is 0.440. The lowest BCUT2D eigenvalue weighted by molar-refractivity contribution is -0.00267. The maximum absolute atomic E-state index is 14.8. The third-order valence-electron chi connectivity index (χ3n) is 5.71. The minimum absolute atomic E-state index is 0.00475. The molecule has 1 aliphatic rings. The molecule has 0 aromatic heterocycles. The highest BCUT2D eigenvalue weighted by Gasteiger charge is 2.25. The van der Waals surface area contributed by atoms with Gasteiger partial charge in [-0.3, -0.25) is 0 Å². The third-order valence-corrected chi connectivity index (χ3v) is 5.71. The maximum atomic E-state index is 14.8. The summed E-state index contributed by atoms with van der Waals surface area (Å²) in [5, 5.41) is 0. The van der Waals surface area contributed by atoms with Crippen molar-refractivity contribution in [2.75, 3.05) is 6.61 Å². The summed E-state index contributed by atoms with van der Waals surface area (Å²) in [6, 6.07) is 7.65. The molecule has 2 atom stereocenters. The standard InChI is InChI=1S/C25H29F3O/c1-3-5-6-8-20-12-9-19(16-29-20)21-13-11-18(15-23(21)26)22-14-10-17(7-4-2)24(27)25(22)28/h4,7,10-11,13-15,19-20H,3,5-6,8-9,12,16H2,1-2H3/b7-4+. The van der Waals surface area contributed by atoms with E-state index in [2.05, 4.69) is 6.92 Å². The maximum Gasteiger partial charge on any atom is 0.167 e. The summed E-state index contributed by atoms with van der Waals surface area (Å²) in [5.41, 5.74) is 1.17. The molecule has 0 bridgehead atoms. The van der Waals surface area contributed by atoms with Gasteiger partial charge in [-0.05, 0) is 43.4 Å². The van der Waals surface area contributed by atoms with Crippen molar-refractivity contribution in [3.63, 3.8) is 0 Å². The number of hydrogen-bond acceptors (Lipinski definition) is 1. The Morgan fingerprint density at radius 3 is 2.52 bits per heavy atom. The number of allylic oxidation sites excluding steroid dienone is 1. The Bertz CT molecular complexity index is 851. The van der Waals surface area contributed by atoms with E-state index in [9.17, 15) is 13.2 Å². The molecule has 4 heteroatoms. The smallest absolute Gasteiger partial charge is 0.167 e. The van der Waals surface area contributed by atoms with E-state index in [1.165, 1.54) is 43.5 Å². The lowest BCUT2D eigenvalue weighted by Crippen LogP contribution is -2.25. The molecular weight excluding hydrogens is 373 g/mol. The van der Waals surface area contributed by atoms with Crippen LogP contribution in [0.1, 0.15) is 69.4 Å². The van der Waals surface area contributed by atoms with Crippen LogP contribution in [0.3, 0.4) is 0 Å². The van der Waals surface area contributed by atoms with Crippen LogP contribution < -0.4 is 0 Å². The summed E-state index contributed by atoms with van der Waals surface area (Å²) in [4.78, 5) is 0. The quantitative estimate of drug-likeness (QED) is 0.432. The van der Waals surface area contributed by atoms with Gasteiger partial charge in [0, 0.05) is 17.0 Å². The van der Waals surface area contributed by atoms with Crippen LogP contribution in [0.2, 0.25) is 0 Å². The van der Waals surface area contributed by atoms with Crippen molar-refractivity contribution in [2.45, 2.75) is 64.4 Å². The molecule has 1 fully saturated rings. The van der Waals surface area contributed by atoms with E-state index in [1.807, 2.05) is 0 Å². The molecule has 0 aliphatic carbocycles. The van der Waals surface area contributed by atoms with Gasteiger partial charge >= 0.3 is 0 Å². The SMILES string of the molecule is C/C=C/c1ccc(-c2ccc(C3CCC(CCCCC)OC3)c(F)c2)c(F)c1F. The second kappa shape index (κ2) is 10.1. The first kappa shape index (κ1) is 21.6. The molecule has 1 nitrogen and oxygen atoms in total. The summed E-state index contributed by atoms with van der Waals surface area (Å²) in [5.74, 6) is -2.26. The predicted molar refractivity (Wildman–Crippen MR) is 112 cm³/mol. The van der Waals surface area contributed by atoms with Crippen molar-refractivity contribution in [3.8, 4) is 11.1 Å². The van der Waals surface area contributed by atoms with Crippen LogP contribution in [0.5, 0.6) is 0 Å². The molecule has 0 radical (unpaired) electrons. The Morgan fingerprint density at radius 1 is 1.03 bits per heavy atom. The average Bonchev–Trinajstić information content (AvgIpc) is 2.72. The van der Waals surface area contributed by atoms with Crippen molar-refractivity contribution < 1.29 is 17.9 Å². The van der Waals surface area contributed by atoms with Gasteiger partial charge in [-0.1, -0.05) is 62.6 Å². The van der Waals surface area contributed by atoms with Crippen molar-refractivity contribution in [1.82, 2.24) is 0 Å². The van der Waals surface area contributed by atoms with Gasteiger partial charge in [-0.25, -0.2) is 13.2 Å². The molecule has 2 aromatic rings. The van der Waals surface area contributed by atoms with Crippen LogP contribution in [0.25, 0.3) is 17.2 Å². The molecule has 0 amide bonds. The van der Waals surface area contributed by atoms with Gasteiger partial charge in [-0.15, -0.1) is 0 Å². The van der Waals surface area contributed by atoms with E-state index >= 15 is 0 Å². The normalized spacial score (nSPS) is 19.8. The van der Waals surface area contributed by atoms with Crippen LogP contribution >= 0.6 is 0 Å². The fourth-order valence-electron chi connectivity index (χ4n) is 4.02.